The quantitative estimate of drug-likeness (QED) is 0.691. The molecule has 2 aromatic rings. The summed E-state index contributed by atoms with van der Waals surface area (Å²) in [6.45, 7) is 4.80. The van der Waals surface area contributed by atoms with Gasteiger partial charge < -0.3 is 19.7 Å². The van der Waals surface area contributed by atoms with Gasteiger partial charge in [0, 0.05) is 36.9 Å². The molecule has 1 saturated heterocycles. The largest absolute Gasteiger partial charge is 0.474 e. The summed E-state index contributed by atoms with van der Waals surface area (Å²) in [4.78, 5) is 22.8. The summed E-state index contributed by atoms with van der Waals surface area (Å²) in [6.07, 6.45) is 4.16. The van der Waals surface area contributed by atoms with E-state index in [1.54, 1.807) is 17.0 Å². The summed E-state index contributed by atoms with van der Waals surface area (Å²) in [5.41, 5.74) is 0.337. The molecular formula is C20H25FN4O3S. The summed E-state index contributed by atoms with van der Waals surface area (Å²) in [7, 11) is 0. The molecule has 0 aliphatic carbocycles. The molecule has 29 heavy (non-hydrogen) atoms. The number of piperidine rings is 1. The molecule has 2 heterocycles. The zero-order valence-electron chi connectivity index (χ0n) is 16.7. The maximum absolute atomic E-state index is 14.2. The van der Waals surface area contributed by atoms with Crippen LogP contribution in [0.15, 0.2) is 35.5 Å². The van der Waals surface area contributed by atoms with Gasteiger partial charge in [-0.3, -0.25) is 0 Å². The van der Waals surface area contributed by atoms with Crippen LogP contribution in [0.25, 0.3) is 0 Å². The normalized spacial score (nSPS) is 14.7. The number of anilines is 2. The summed E-state index contributed by atoms with van der Waals surface area (Å²) in [5, 5.41) is 2.96. The van der Waals surface area contributed by atoms with E-state index in [1.165, 1.54) is 24.2 Å². The lowest BCUT2D eigenvalue weighted by atomic mass is 10.1. The fraction of sp³-hybridized carbons (Fsp3) is 0.450. The number of rotatable bonds is 6. The average molecular weight is 421 g/mol. The Morgan fingerprint density at radius 1 is 1.28 bits per heavy atom. The number of hydrogen-bond donors (Lipinski definition) is 1. The van der Waals surface area contributed by atoms with Crippen molar-refractivity contribution < 1.29 is 18.7 Å². The lowest BCUT2D eigenvalue weighted by Gasteiger charge is -2.31. The molecule has 1 fully saturated rings. The van der Waals surface area contributed by atoms with Gasteiger partial charge in [0.25, 0.3) is 0 Å². The molecule has 7 nitrogen and oxygen atoms in total. The summed E-state index contributed by atoms with van der Waals surface area (Å²) in [6, 6.07) is 6.63. The average Bonchev–Trinajstić information content (AvgIpc) is 2.70. The third-order valence-corrected chi connectivity index (χ3v) is 5.13. The van der Waals surface area contributed by atoms with Crippen LogP contribution in [0.5, 0.6) is 5.88 Å². The molecule has 1 aromatic heterocycles. The molecule has 156 valence electrons. The highest BCUT2D eigenvalue weighted by Gasteiger charge is 2.25. The minimum Gasteiger partial charge on any atom is -0.474 e. The predicted molar refractivity (Wildman–Crippen MR) is 110 cm³/mol. The molecule has 1 amide bonds. The fourth-order valence-corrected chi connectivity index (χ4v) is 3.36. The van der Waals surface area contributed by atoms with Crippen LogP contribution in [0.3, 0.4) is 0 Å². The Balaban J connectivity index is 1.56. The van der Waals surface area contributed by atoms with Crippen LogP contribution in [0.2, 0.25) is 0 Å². The van der Waals surface area contributed by atoms with Crippen LogP contribution in [-0.4, -0.2) is 52.5 Å². The van der Waals surface area contributed by atoms with E-state index in [0.717, 1.165) is 4.90 Å². The standard InChI is InChI=1S/C20H25FN4O3S/c1-13(2)27-20(26)25-8-6-14(7-9-25)28-19-11-18(22-12-23-19)24-17-5-4-15(29-3)10-16(17)21/h4-5,10-14H,6-9H2,1-3H3,(H,22,23,24). The first-order valence-electron chi connectivity index (χ1n) is 9.49. The van der Waals surface area contributed by atoms with Crippen LogP contribution >= 0.6 is 11.8 Å². The molecule has 0 spiro atoms. The van der Waals surface area contributed by atoms with Crippen LogP contribution in [0.1, 0.15) is 26.7 Å². The molecule has 1 N–H and O–H groups in total. The van der Waals surface area contributed by atoms with Gasteiger partial charge in [-0.1, -0.05) is 0 Å². The lowest BCUT2D eigenvalue weighted by molar-refractivity contribution is 0.0507. The first-order chi connectivity index (χ1) is 13.9. The number of hydrogen-bond acceptors (Lipinski definition) is 7. The first-order valence-corrected chi connectivity index (χ1v) is 10.7. The molecule has 0 unspecified atom stereocenters. The third kappa shape index (κ3) is 5.96. The van der Waals surface area contributed by atoms with E-state index < -0.39 is 0 Å². The summed E-state index contributed by atoms with van der Waals surface area (Å²) >= 11 is 1.48. The van der Waals surface area contributed by atoms with E-state index in [4.69, 9.17) is 9.47 Å². The Kier molecular flexibility index (Phi) is 7.13. The Hall–Kier alpha value is -2.55. The van der Waals surface area contributed by atoms with E-state index in [1.807, 2.05) is 26.2 Å². The van der Waals surface area contributed by atoms with Gasteiger partial charge in [0.1, 0.15) is 24.1 Å². The minimum absolute atomic E-state index is 0.0570. The van der Waals surface area contributed by atoms with Crippen molar-refractivity contribution >= 4 is 29.4 Å². The van der Waals surface area contributed by atoms with E-state index >= 15 is 0 Å². The van der Waals surface area contributed by atoms with Gasteiger partial charge in [-0.05, 0) is 38.3 Å². The number of nitrogens with one attached hydrogen (secondary N) is 1. The van der Waals surface area contributed by atoms with Gasteiger partial charge in [-0.15, -0.1) is 11.8 Å². The van der Waals surface area contributed by atoms with Gasteiger partial charge in [0.05, 0.1) is 11.8 Å². The molecule has 0 atom stereocenters. The molecular weight excluding hydrogens is 395 g/mol. The van der Waals surface area contributed by atoms with E-state index in [9.17, 15) is 9.18 Å². The summed E-state index contributed by atoms with van der Waals surface area (Å²) < 4.78 is 25.4. The molecule has 1 aliphatic rings. The zero-order valence-corrected chi connectivity index (χ0v) is 17.5. The molecule has 1 aromatic carbocycles. The Morgan fingerprint density at radius 3 is 2.69 bits per heavy atom. The maximum Gasteiger partial charge on any atom is 0.410 e. The topological polar surface area (TPSA) is 76.6 Å². The number of carbonyl (C=O) groups is 1. The maximum atomic E-state index is 14.2. The Labute approximate surface area is 174 Å². The van der Waals surface area contributed by atoms with Crippen LogP contribution in [0, 0.1) is 5.82 Å². The highest BCUT2D eigenvalue weighted by Crippen LogP contribution is 2.25. The van der Waals surface area contributed by atoms with Crippen molar-refractivity contribution in [2.45, 2.75) is 43.8 Å². The monoisotopic (exact) mass is 420 g/mol. The number of nitrogens with zero attached hydrogens (tertiary/aromatic N) is 3. The number of aromatic nitrogens is 2. The van der Waals surface area contributed by atoms with E-state index in [-0.39, 0.29) is 24.1 Å². The van der Waals surface area contributed by atoms with Crippen molar-refractivity contribution in [2.75, 3.05) is 24.7 Å². The summed E-state index contributed by atoms with van der Waals surface area (Å²) in [5.74, 6) is 0.509. The van der Waals surface area contributed by atoms with Crippen LogP contribution in [-0.2, 0) is 4.74 Å². The van der Waals surface area contributed by atoms with E-state index in [0.29, 0.717) is 43.3 Å². The van der Waals surface area contributed by atoms with Crippen molar-refractivity contribution in [1.82, 2.24) is 14.9 Å². The predicted octanol–water partition coefficient (Wildman–Crippen LogP) is 4.47. The van der Waals surface area contributed by atoms with Crippen molar-refractivity contribution in [3.63, 3.8) is 0 Å². The number of likely N-dealkylation sites (tertiary alicyclic amines) is 1. The van der Waals surface area contributed by atoms with Gasteiger partial charge in [-0.25, -0.2) is 19.2 Å². The zero-order chi connectivity index (χ0) is 20.8. The van der Waals surface area contributed by atoms with Gasteiger partial charge in [0.2, 0.25) is 5.88 Å². The molecule has 3 rings (SSSR count). The molecule has 1 aliphatic heterocycles. The Bertz CT molecular complexity index is 844. The number of halogens is 1. The number of benzene rings is 1. The van der Waals surface area contributed by atoms with Crippen molar-refractivity contribution in [1.29, 1.82) is 0 Å². The van der Waals surface area contributed by atoms with Crippen LogP contribution in [0.4, 0.5) is 20.7 Å². The highest BCUT2D eigenvalue weighted by molar-refractivity contribution is 7.98. The number of thioether (sulfide) groups is 1. The van der Waals surface area contributed by atoms with Crippen molar-refractivity contribution in [3.8, 4) is 5.88 Å². The second-order valence-electron chi connectivity index (χ2n) is 6.95. The van der Waals surface area contributed by atoms with Gasteiger partial charge in [-0.2, -0.15) is 0 Å². The number of ether oxygens (including phenoxy) is 2. The highest BCUT2D eigenvalue weighted by atomic mass is 32.2. The number of carbonyl (C=O) groups excluding carboxylic acids is 1. The lowest BCUT2D eigenvalue weighted by Crippen LogP contribution is -2.42. The van der Waals surface area contributed by atoms with Crippen LogP contribution < -0.4 is 10.1 Å². The first kappa shape index (κ1) is 21.2. The Morgan fingerprint density at radius 2 is 2.03 bits per heavy atom. The third-order valence-electron chi connectivity index (χ3n) is 4.41. The molecule has 0 saturated carbocycles. The van der Waals surface area contributed by atoms with Crippen molar-refractivity contribution in [2.24, 2.45) is 0 Å². The second-order valence-corrected chi connectivity index (χ2v) is 7.83. The SMILES string of the molecule is CSc1ccc(Nc2cc(OC3CCN(C(=O)OC(C)C)CC3)ncn2)c(F)c1. The van der Waals surface area contributed by atoms with Gasteiger partial charge >= 0.3 is 6.09 Å². The fourth-order valence-electron chi connectivity index (χ4n) is 2.94. The number of amides is 1. The molecule has 0 radical (unpaired) electrons. The smallest absolute Gasteiger partial charge is 0.410 e. The van der Waals surface area contributed by atoms with Crippen molar-refractivity contribution in [3.05, 3.63) is 36.4 Å². The minimum atomic E-state index is -0.349. The second kappa shape index (κ2) is 9.78. The molecule has 0 bridgehead atoms. The van der Waals surface area contributed by atoms with Gasteiger partial charge in [0.15, 0.2) is 0 Å². The molecule has 9 heteroatoms. The van der Waals surface area contributed by atoms with E-state index in [2.05, 4.69) is 15.3 Å².